The maximum absolute atomic E-state index is 6.23. The Labute approximate surface area is 155 Å². The van der Waals surface area contributed by atoms with Crippen molar-refractivity contribution in [2.75, 3.05) is 0 Å². The fourth-order valence-corrected chi connectivity index (χ4v) is 3.24. The van der Waals surface area contributed by atoms with Gasteiger partial charge in [-0.25, -0.2) is 9.98 Å². The average molecular weight is 369 g/mol. The van der Waals surface area contributed by atoms with Crippen molar-refractivity contribution >= 4 is 34.7 Å². The lowest BCUT2D eigenvalue weighted by Crippen LogP contribution is -2.01. The number of fused-ring (bicyclic) bond motifs is 1. The minimum Gasteiger partial charge on any atom is -0.489 e. The van der Waals surface area contributed by atoms with Crippen LogP contribution in [0.1, 0.15) is 16.7 Å². The van der Waals surface area contributed by atoms with Crippen molar-refractivity contribution in [1.82, 2.24) is 4.98 Å². The Morgan fingerprint density at radius 3 is 2.48 bits per heavy atom. The highest BCUT2D eigenvalue weighted by molar-refractivity contribution is 6.35. The molecule has 1 aromatic heterocycles. The number of nitrogens with zero attached hydrogens (tertiary/aromatic N) is 2. The lowest BCUT2D eigenvalue weighted by molar-refractivity contribution is 0.306. The van der Waals surface area contributed by atoms with Gasteiger partial charge in [-0.15, -0.1) is 0 Å². The highest BCUT2D eigenvalue weighted by Crippen LogP contribution is 2.34. The van der Waals surface area contributed by atoms with E-state index in [9.17, 15) is 0 Å². The van der Waals surface area contributed by atoms with Crippen LogP contribution in [0.2, 0.25) is 10.2 Å². The van der Waals surface area contributed by atoms with Gasteiger partial charge in [0.1, 0.15) is 17.5 Å². The summed E-state index contributed by atoms with van der Waals surface area (Å²) < 4.78 is 5.82. The van der Waals surface area contributed by atoms with Crippen LogP contribution in [0.25, 0.3) is 0 Å². The van der Waals surface area contributed by atoms with E-state index in [-0.39, 0.29) is 0 Å². The van der Waals surface area contributed by atoms with E-state index in [1.807, 2.05) is 54.6 Å². The van der Waals surface area contributed by atoms with Crippen LogP contribution in [0.15, 0.2) is 65.7 Å². The van der Waals surface area contributed by atoms with Gasteiger partial charge in [-0.3, -0.25) is 0 Å². The molecule has 25 heavy (non-hydrogen) atoms. The molecule has 0 unspecified atom stereocenters. The highest BCUT2D eigenvalue weighted by Gasteiger charge is 2.20. The van der Waals surface area contributed by atoms with Gasteiger partial charge < -0.3 is 4.74 Å². The van der Waals surface area contributed by atoms with Gasteiger partial charge in [0.2, 0.25) is 0 Å². The average Bonchev–Trinajstić information content (AvgIpc) is 3.06. The topological polar surface area (TPSA) is 34.5 Å². The molecule has 1 aliphatic heterocycles. The second kappa shape index (κ2) is 6.87. The first-order valence-corrected chi connectivity index (χ1v) is 8.64. The summed E-state index contributed by atoms with van der Waals surface area (Å²) in [6.45, 7) is 0.546. The smallest absolute Gasteiger partial charge is 0.158 e. The minimum atomic E-state index is 0.360. The molecular weight excluding hydrogens is 355 g/mol. The molecule has 0 spiro atoms. The van der Waals surface area contributed by atoms with Crippen LogP contribution < -0.4 is 4.74 Å². The van der Waals surface area contributed by atoms with Gasteiger partial charge in [0.05, 0.1) is 10.7 Å². The van der Waals surface area contributed by atoms with Crippen LogP contribution in [0.3, 0.4) is 0 Å². The predicted molar refractivity (Wildman–Crippen MR) is 101 cm³/mol. The molecule has 0 bridgehead atoms. The van der Waals surface area contributed by atoms with E-state index in [1.54, 1.807) is 6.07 Å². The lowest BCUT2D eigenvalue weighted by Gasteiger charge is -2.07. The summed E-state index contributed by atoms with van der Waals surface area (Å²) in [4.78, 5) is 8.80. The summed E-state index contributed by atoms with van der Waals surface area (Å²) in [7, 11) is 0. The van der Waals surface area contributed by atoms with Gasteiger partial charge in [-0.05, 0) is 41.5 Å². The Balaban J connectivity index is 1.48. The molecule has 5 heteroatoms. The Bertz CT molecular complexity index is 938. The van der Waals surface area contributed by atoms with Gasteiger partial charge in [0.15, 0.2) is 5.82 Å². The van der Waals surface area contributed by atoms with Crippen molar-refractivity contribution in [1.29, 1.82) is 0 Å². The zero-order valence-corrected chi connectivity index (χ0v) is 14.8. The second-order valence-electron chi connectivity index (χ2n) is 5.76. The standard InChI is InChI=1S/C20H14Cl2N2O/c21-17-11-19(22)24-20-16(17)10-18(23-20)14-6-8-15(9-7-14)25-12-13-4-2-1-3-5-13/h1-9,11H,10,12H2. The van der Waals surface area contributed by atoms with Gasteiger partial charge in [-0.1, -0.05) is 53.5 Å². The van der Waals surface area contributed by atoms with E-state index in [2.05, 4.69) is 9.98 Å². The fourth-order valence-electron chi connectivity index (χ4n) is 2.74. The number of aromatic nitrogens is 1. The highest BCUT2D eigenvalue weighted by atomic mass is 35.5. The van der Waals surface area contributed by atoms with Gasteiger partial charge in [0, 0.05) is 12.0 Å². The first-order valence-electron chi connectivity index (χ1n) is 7.89. The van der Waals surface area contributed by atoms with Crippen LogP contribution in [-0.2, 0) is 13.0 Å². The number of hydrogen-bond donors (Lipinski definition) is 0. The van der Waals surface area contributed by atoms with E-state index < -0.39 is 0 Å². The van der Waals surface area contributed by atoms with Gasteiger partial charge >= 0.3 is 0 Å². The summed E-state index contributed by atoms with van der Waals surface area (Å²) >= 11 is 12.2. The normalized spacial score (nSPS) is 12.6. The molecular formula is C20H14Cl2N2O. The van der Waals surface area contributed by atoms with Crippen molar-refractivity contribution in [3.63, 3.8) is 0 Å². The number of benzene rings is 2. The van der Waals surface area contributed by atoms with Crippen LogP contribution in [0.4, 0.5) is 5.82 Å². The molecule has 0 radical (unpaired) electrons. The predicted octanol–water partition coefficient (Wildman–Crippen LogP) is 5.64. The van der Waals surface area contributed by atoms with E-state index in [0.29, 0.717) is 29.0 Å². The zero-order valence-electron chi connectivity index (χ0n) is 13.2. The molecule has 0 amide bonds. The summed E-state index contributed by atoms with van der Waals surface area (Å²) in [6.07, 6.45) is 0.655. The van der Waals surface area contributed by atoms with Gasteiger partial charge in [-0.2, -0.15) is 0 Å². The Morgan fingerprint density at radius 1 is 0.960 bits per heavy atom. The van der Waals surface area contributed by atoms with Crippen LogP contribution in [-0.4, -0.2) is 10.7 Å². The van der Waals surface area contributed by atoms with E-state index in [0.717, 1.165) is 28.2 Å². The summed E-state index contributed by atoms with van der Waals surface area (Å²) in [6, 6.07) is 19.6. The van der Waals surface area contributed by atoms with E-state index >= 15 is 0 Å². The van der Waals surface area contributed by atoms with Gasteiger partial charge in [0.25, 0.3) is 0 Å². The molecule has 0 atom stereocenters. The maximum atomic E-state index is 6.23. The van der Waals surface area contributed by atoms with Crippen molar-refractivity contribution in [2.45, 2.75) is 13.0 Å². The maximum Gasteiger partial charge on any atom is 0.158 e. The van der Waals surface area contributed by atoms with Crippen LogP contribution in [0.5, 0.6) is 5.75 Å². The SMILES string of the molecule is Clc1cc(Cl)c2c(n1)N=C(c1ccc(OCc3ccccc3)cc1)C2. The molecule has 0 saturated heterocycles. The molecule has 3 nitrogen and oxygen atoms in total. The molecule has 0 fully saturated rings. The first-order chi connectivity index (χ1) is 12.2. The molecule has 3 aromatic rings. The molecule has 2 aromatic carbocycles. The third kappa shape index (κ3) is 3.53. The summed E-state index contributed by atoms with van der Waals surface area (Å²) in [5.74, 6) is 1.43. The van der Waals surface area contributed by atoms with Crippen LogP contribution >= 0.6 is 23.2 Å². The molecule has 1 aliphatic rings. The number of ether oxygens (including phenoxy) is 1. The van der Waals surface area contributed by atoms with Crippen molar-refractivity contribution in [2.24, 2.45) is 4.99 Å². The molecule has 0 N–H and O–H groups in total. The molecule has 4 rings (SSSR count). The quantitative estimate of drug-likeness (QED) is 0.558. The first kappa shape index (κ1) is 16.1. The van der Waals surface area contributed by atoms with Crippen molar-refractivity contribution in [3.8, 4) is 5.75 Å². The van der Waals surface area contributed by atoms with E-state index in [4.69, 9.17) is 27.9 Å². The largest absolute Gasteiger partial charge is 0.489 e. The molecule has 0 saturated carbocycles. The Kier molecular flexibility index (Phi) is 4.43. The number of hydrogen-bond acceptors (Lipinski definition) is 3. The molecule has 2 heterocycles. The van der Waals surface area contributed by atoms with E-state index in [1.165, 1.54) is 0 Å². The Morgan fingerprint density at radius 2 is 1.72 bits per heavy atom. The van der Waals surface area contributed by atoms with Crippen molar-refractivity contribution in [3.05, 3.63) is 87.5 Å². The lowest BCUT2D eigenvalue weighted by atomic mass is 10.1. The number of halogens is 2. The fraction of sp³-hybridized carbons (Fsp3) is 0.100. The number of aliphatic imine (C=N–C) groups is 1. The number of rotatable bonds is 4. The second-order valence-corrected chi connectivity index (χ2v) is 6.56. The Hall–Kier alpha value is -2.36. The monoisotopic (exact) mass is 368 g/mol. The summed E-state index contributed by atoms with van der Waals surface area (Å²) in [5, 5.41) is 0.968. The summed E-state index contributed by atoms with van der Waals surface area (Å²) in [5.41, 5.74) is 4.02. The van der Waals surface area contributed by atoms with Crippen molar-refractivity contribution < 1.29 is 4.74 Å². The minimum absolute atomic E-state index is 0.360. The molecule has 124 valence electrons. The third-order valence-electron chi connectivity index (χ3n) is 4.04. The third-order valence-corrected chi connectivity index (χ3v) is 4.57. The zero-order chi connectivity index (χ0) is 17.2. The van der Waals surface area contributed by atoms with Crippen LogP contribution in [0, 0.1) is 0 Å². The molecule has 0 aliphatic carbocycles. The number of pyridine rings is 1.